The molecule has 3 rings (SSSR count). The number of benzene rings is 1. The van der Waals surface area contributed by atoms with E-state index in [4.69, 9.17) is 4.74 Å². The summed E-state index contributed by atoms with van der Waals surface area (Å²) >= 11 is 3.52. The zero-order chi connectivity index (χ0) is 18.0. The number of hydrogen-bond acceptors (Lipinski definition) is 3. The summed E-state index contributed by atoms with van der Waals surface area (Å²) < 4.78 is 7.79. The van der Waals surface area contributed by atoms with E-state index < -0.39 is 0 Å². The van der Waals surface area contributed by atoms with Crippen LogP contribution in [-0.4, -0.2) is 16.5 Å². The van der Waals surface area contributed by atoms with Crippen molar-refractivity contribution < 1.29 is 10.1 Å². The number of aryl methyl sites for hydroxylation is 1. The van der Waals surface area contributed by atoms with Gasteiger partial charge in [-0.25, -0.2) is 4.98 Å². The molecule has 5 nitrogen and oxygen atoms in total. The van der Waals surface area contributed by atoms with E-state index in [-0.39, 0.29) is 11.6 Å². The van der Waals surface area contributed by atoms with Gasteiger partial charge in [0.1, 0.15) is 29.7 Å². The van der Waals surface area contributed by atoms with Gasteiger partial charge in [0.15, 0.2) is 0 Å². The van der Waals surface area contributed by atoms with Crippen molar-refractivity contribution in [1.29, 1.82) is 0 Å². The molecule has 0 unspecified atom stereocenters. The molecule has 0 saturated heterocycles. The van der Waals surface area contributed by atoms with Gasteiger partial charge < -0.3 is 10.1 Å². The summed E-state index contributed by atoms with van der Waals surface area (Å²) in [4.78, 5) is 16.9. The number of quaternary nitrogens is 1. The van der Waals surface area contributed by atoms with Crippen LogP contribution in [0.25, 0.3) is 5.65 Å². The van der Waals surface area contributed by atoms with Crippen molar-refractivity contribution in [2.45, 2.75) is 26.4 Å². The largest absolute Gasteiger partial charge is 0.496 e. The molecule has 6 heteroatoms. The number of methoxy groups -OCH3 is 1. The van der Waals surface area contributed by atoms with Crippen molar-refractivity contribution in [3.8, 4) is 5.75 Å². The molecule has 130 valence electrons. The Balaban J connectivity index is 1.77. The first-order valence-corrected chi connectivity index (χ1v) is 8.93. The summed E-state index contributed by atoms with van der Waals surface area (Å²) in [7, 11) is 1.65. The van der Waals surface area contributed by atoms with Gasteiger partial charge in [0.05, 0.1) is 11.6 Å². The van der Waals surface area contributed by atoms with Crippen molar-refractivity contribution in [1.82, 2.24) is 9.38 Å². The van der Waals surface area contributed by atoms with Crippen LogP contribution in [-0.2, 0) is 6.54 Å². The van der Waals surface area contributed by atoms with E-state index in [1.54, 1.807) is 17.6 Å². The number of ether oxygens (including phenoxy) is 1. The van der Waals surface area contributed by atoms with Crippen molar-refractivity contribution in [2.75, 3.05) is 7.11 Å². The lowest BCUT2D eigenvalue weighted by atomic mass is 10.1. The van der Waals surface area contributed by atoms with Crippen LogP contribution < -0.4 is 15.6 Å². The van der Waals surface area contributed by atoms with Gasteiger partial charge in [0.25, 0.3) is 5.56 Å². The third-order valence-corrected chi connectivity index (χ3v) is 4.86. The maximum Gasteiger partial charge on any atom is 0.258 e. The van der Waals surface area contributed by atoms with Crippen LogP contribution in [0.5, 0.6) is 5.75 Å². The van der Waals surface area contributed by atoms with E-state index in [0.717, 1.165) is 21.5 Å². The summed E-state index contributed by atoms with van der Waals surface area (Å²) in [6.45, 7) is 4.73. The van der Waals surface area contributed by atoms with Crippen LogP contribution in [0.3, 0.4) is 0 Å². The molecule has 25 heavy (non-hydrogen) atoms. The molecule has 0 amide bonds. The molecular weight excluding hydrogens is 382 g/mol. The minimum Gasteiger partial charge on any atom is -0.496 e. The average Bonchev–Trinajstić information content (AvgIpc) is 2.60. The van der Waals surface area contributed by atoms with Gasteiger partial charge in [-0.05, 0) is 59.6 Å². The second kappa shape index (κ2) is 7.37. The fourth-order valence-corrected chi connectivity index (χ4v) is 3.32. The Morgan fingerprint density at radius 3 is 2.80 bits per heavy atom. The molecule has 1 aromatic carbocycles. The predicted molar refractivity (Wildman–Crippen MR) is 101 cm³/mol. The second-order valence-corrected chi connectivity index (χ2v) is 7.00. The Hall–Kier alpha value is -2.18. The molecular formula is C19H21BrN3O2+. The highest BCUT2D eigenvalue weighted by Gasteiger charge is 2.12. The number of nitrogens with two attached hydrogens (primary N) is 1. The highest BCUT2D eigenvalue weighted by molar-refractivity contribution is 9.10. The van der Waals surface area contributed by atoms with E-state index >= 15 is 0 Å². The molecule has 0 radical (unpaired) electrons. The smallest absolute Gasteiger partial charge is 0.258 e. The molecule has 2 heterocycles. The standard InChI is InChI=1S/C19H20BrN3O2/c1-12-4-7-18-22-15(9-19(24)23(18)11-12)10-21-13(2)14-5-6-17(25-3)16(20)8-14/h4-9,11,13,21H,10H2,1-3H3/p+1/t13-/m0/s1. The third-order valence-electron chi connectivity index (χ3n) is 4.24. The van der Waals surface area contributed by atoms with Crippen LogP contribution in [0.4, 0.5) is 0 Å². The zero-order valence-corrected chi connectivity index (χ0v) is 16.1. The molecule has 0 saturated carbocycles. The van der Waals surface area contributed by atoms with Crippen LogP contribution >= 0.6 is 15.9 Å². The Morgan fingerprint density at radius 1 is 1.28 bits per heavy atom. The lowest BCUT2D eigenvalue weighted by Gasteiger charge is -2.13. The number of pyridine rings is 1. The quantitative estimate of drug-likeness (QED) is 0.713. The highest BCUT2D eigenvalue weighted by Crippen LogP contribution is 2.27. The maximum atomic E-state index is 12.3. The first kappa shape index (κ1) is 17.6. The number of nitrogens with zero attached hydrogens (tertiary/aromatic N) is 2. The van der Waals surface area contributed by atoms with Gasteiger partial charge in [-0.3, -0.25) is 9.20 Å². The SMILES string of the molecule is COc1ccc([C@H](C)[NH2+]Cc2cc(=O)n3cc(C)ccc3n2)cc1Br. The van der Waals surface area contributed by atoms with Crippen LogP contribution in [0.1, 0.15) is 29.8 Å². The van der Waals surface area contributed by atoms with Crippen molar-refractivity contribution in [3.63, 3.8) is 0 Å². The Kier molecular flexibility index (Phi) is 5.20. The molecule has 2 aromatic heterocycles. The first-order chi connectivity index (χ1) is 12.0. The normalized spacial score (nSPS) is 12.3. The average molecular weight is 403 g/mol. The molecule has 2 N–H and O–H groups in total. The van der Waals surface area contributed by atoms with Crippen LogP contribution in [0.2, 0.25) is 0 Å². The fraction of sp³-hybridized carbons (Fsp3) is 0.263. The Morgan fingerprint density at radius 2 is 2.08 bits per heavy atom. The number of aromatic nitrogens is 2. The van der Waals surface area contributed by atoms with Crippen molar-refractivity contribution in [2.24, 2.45) is 0 Å². The Labute approximate surface area is 154 Å². The van der Waals surface area contributed by atoms with Crippen LogP contribution in [0.15, 0.2) is 51.9 Å². The molecule has 1 atom stereocenters. The van der Waals surface area contributed by atoms with E-state index in [9.17, 15) is 4.79 Å². The van der Waals surface area contributed by atoms with Crippen molar-refractivity contribution in [3.05, 3.63) is 74.2 Å². The fourth-order valence-electron chi connectivity index (χ4n) is 2.76. The first-order valence-electron chi connectivity index (χ1n) is 8.13. The molecule has 0 spiro atoms. The molecule has 0 aliphatic carbocycles. The molecule has 0 bridgehead atoms. The lowest BCUT2D eigenvalue weighted by Crippen LogP contribution is -2.83. The van der Waals surface area contributed by atoms with E-state index in [2.05, 4.69) is 45.3 Å². The summed E-state index contributed by atoms with van der Waals surface area (Å²) in [5.41, 5.74) is 3.64. The lowest BCUT2D eigenvalue weighted by molar-refractivity contribution is -0.708. The molecule has 3 aromatic rings. The van der Waals surface area contributed by atoms with Gasteiger partial charge in [0, 0.05) is 17.8 Å². The van der Waals surface area contributed by atoms with E-state index in [1.165, 1.54) is 5.56 Å². The van der Waals surface area contributed by atoms with Gasteiger partial charge in [-0.15, -0.1) is 0 Å². The predicted octanol–water partition coefficient (Wildman–Crippen LogP) is 2.60. The van der Waals surface area contributed by atoms with Gasteiger partial charge >= 0.3 is 0 Å². The molecule has 0 fully saturated rings. The number of rotatable bonds is 5. The molecule has 0 aliphatic rings. The minimum absolute atomic E-state index is 0.0445. The summed E-state index contributed by atoms with van der Waals surface area (Å²) in [6, 6.07) is 11.8. The minimum atomic E-state index is -0.0445. The summed E-state index contributed by atoms with van der Waals surface area (Å²) in [6.07, 6.45) is 1.82. The maximum absolute atomic E-state index is 12.3. The van der Waals surface area contributed by atoms with E-state index in [0.29, 0.717) is 12.2 Å². The highest BCUT2D eigenvalue weighted by atomic mass is 79.9. The third kappa shape index (κ3) is 3.91. The number of halogens is 1. The van der Waals surface area contributed by atoms with Gasteiger partial charge in [-0.2, -0.15) is 0 Å². The zero-order valence-electron chi connectivity index (χ0n) is 14.5. The van der Waals surface area contributed by atoms with E-state index in [1.807, 2.05) is 31.3 Å². The van der Waals surface area contributed by atoms with Gasteiger partial charge in [0.2, 0.25) is 0 Å². The van der Waals surface area contributed by atoms with Crippen LogP contribution in [0, 0.1) is 6.92 Å². The Bertz CT molecular complexity index is 969. The number of hydrogen-bond donors (Lipinski definition) is 1. The van der Waals surface area contributed by atoms with Crippen molar-refractivity contribution >= 4 is 21.6 Å². The topological polar surface area (TPSA) is 60.2 Å². The summed E-state index contributed by atoms with van der Waals surface area (Å²) in [5, 5.41) is 2.17. The molecule has 0 aliphatic heterocycles. The van der Waals surface area contributed by atoms with Gasteiger partial charge in [-0.1, -0.05) is 6.07 Å². The monoisotopic (exact) mass is 402 g/mol. The second-order valence-electron chi connectivity index (χ2n) is 6.14. The summed E-state index contributed by atoms with van der Waals surface area (Å²) in [5.74, 6) is 0.815. The number of fused-ring (bicyclic) bond motifs is 1.